The topological polar surface area (TPSA) is 62.4 Å². The molecular formula is C24H26N2O3. The minimum Gasteiger partial charge on any atom is -0.376 e. The summed E-state index contributed by atoms with van der Waals surface area (Å²) in [7, 11) is 0. The van der Waals surface area contributed by atoms with Gasteiger partial charge in [0.05, 0.1) is 18.2 Å². The molecule has 1 saturated heterocycles. The minimum absolute atomic E-state index is 0.0205. The molecule has 1 fully saturated rings. The SMILES string of the molecule is Cc1ccc2cc(CN(C[C@H]3CCCO3)C(=O)c3ccccc3)c(=O)[nH]c2c1C. The van der Waals surface area contributed by atoms with Crippen LogP contribution < -0.4 is 5.56 Å². The highest BCUT2D eigenvalue weighted by Gasteiger charge is 2.24. The molecule has 1 aromatic heterocycles. The molecule has 1 aliphatic heterocycles. The van der Waals surface area contributed by atoms with Crippen molar-refractivity contribution in [1.29, 1.82) is 0 Å². The van der Waals surface area contributed by atoms with E-state index in [9.17, 15) is 9.59 Å². The molecule has 1 N–H and O–H groups in total. The van der Waals surface area contributed by atoms with Gasteiger partial charge in [-0.05, 0) is 61.4 Å². The van der Waals surface area contributed by atoms with Crippen molar-refractivity contribution in [3.63, 3.8) is 0 Å². The van der Waals surface area contributed by atoms with Crippen molar-refractivity contribution >= 4 is 16.8 Å². The highest BCUT2D eigenvalue weighted by molar-refractivity contribution is 5.94. The van der Waals surface area contributed by atoms with Crippen LogP contribution in [0.5, 0.6) is 0 Å². The van der Waals surface area contributed by atoms with E-state index in [1.54, 1.807) is 4.90 Å². The Balaban J connectivity index is 1.68. The Bertz CT molecular complexity index is 1080. The first-order valence-electron chi connectivity index (χ1n) is 10.1. The molecule has 150 valence electrons. The van der Waals surface area contributed by atoms with Gasteiger partial charge in [0.1, 0.15) is 0 Å². The monoisotopic (exact) mass is 390 g/mol. The molecule has 1 aliphatic rings. The predicted molar refractivity (Wildman–Crippen MR) is 114 cm³/mol. The summed E-state index contributed by atoms with van der Waals surface area (Å²) in [5.74, 6) is -0.0827. The van der Waals surface area contributed by atoms with Gasteiger partial charge in [-0.1, -0.05) is 30.3 Å². The average molecular weight is 390 g/mol. The highest BCUT2D eigenvalue weighted by atomic mass is 16.5. The van der Waals surface area contributed by atoms with E-state index in [1.165, 1.54) is 0 Å². The quantitative estimate of drug-likeness (QED) is 0.717. The number of benzene rings is 2. The van der Waals surface area contributed by atoms with Crippen LogP contribution in [0.15, 0.2) is 53.3 Å². The molecule has 0 spiro atoms. The standard InChI is InChI=1S/C24H26N2O3/c1-16-10-11-19-13-20(23(27)25-22(19)17(16)2)14-26(15-21-9-6-12-29-21)24(28)18-7-4-3-5-8-18/h3-5,7-8,10-11,13,21H,6,9,12,14-15H2,1-2H3,(H,25,27)/t21-/m1/s1. The van der Waals surface area contributed by atoms with E-state index in [0.29, 0.717) is 17.7 Å². The number of aromatic nitrogens is 1. The molecule has 2 aromatic carbocycles. The number of carbonyl (C=O) groups is 1. The summed E-state index contributed by atoms with van der Waals surface area (Å²) in [6.45, 7) is 5.51. The molecule has 4 rings (SSSR count). The van der Waals surface area contributed by atoms with Gasteiger partial charge in [0.15, 0.2) is 0 Å². The molecule has 29 heavy (non-hydrogen) atoms. The fourth-order valence-electron chi connectivity index (χ4n) is 3.91. The number of hydrogen-bond donors (Lipinski definition) is 1. The molecule has 2 heterocycles. The molecule has 0 aliphatic carbocycles. The fourth-order valence-corrected chi connectivity index (χ4v) is 3.91. The van der Waals surface area contributed by atoms with Gasteiger partial charge in [-0.2, -0.15) is 0 Å². The first-order valence-corrected chi connectivity index (χ1v) is 10.1. The number of nitrogens with zero attached hydrogens (tertiary/aromatic N) is 1. The second kappa shape index (κ2) is 8.21. The van der Waals surface area contributed by atoms with Gasteiger partial charge in [0.25, 0.3) is 11.5 Å². The van der Waals surface area contributed by atoms with E-state index in [0.717, 1.165) is 41.5 Å². The Morgan fingerprint density at radius 2 is 1.97 bits per heavy atom. The maximum atomic E-state index is 13.2. The second-order valence-corrected chi connectivity index (χ2v) is 7.78. The first-order chi connectivity index (χ1) is 14.0. The summed E-state index contributed by atoms with van der Waals surface area (Å²) >= 11 is 0. The first kappa shape index (κ1) is 19.4. The number of H-pyrrole nitrogens is 1. The van der Waals surface area contributed by atoms with Crippen LogP contribution in [0.4, 0.5) is 0 Å². The maximum Gasteiger partial charge on any atom is 0.254 e. The summed E-state index contributed by atoms with van der Waals surface area (Å²) in [5.41, 5.74) is 4.13. The van der Waals surface area contributed by atoms with Crippen LogP contribution in [0, 0.1) is 13.8 Å². The molecule has 0 radical (unpaired) electrons. The molecule has 5 heteroatoms. The van der Waals surface area contributed by atoms with Gasteiger partial charge in [-0.3, -0.25) is 9.59 Å². The minimum atomic E-state index is -0.149. The number of ether oxygens (including phenoxy) is 1. The Morgan fingerprint density at radius 1 is 1.17 bits per heavy atom. The van der Waals surface area contributed by atoms with Crippen LogP contribution >= 0.6 is 0 Å². The number of hydrogen-bond acceptors (Lipinski definition) is 3. The lowest BCUT2D eigenvalue weighted by atomic mass is 10.0. The number of aryl methyl sites for hydroxylation is 2. The van der Waals surface area contributed by atoms with E-state index in [1.807, 2.05) is 56.3 Å². The number of pyridine rings is 1. The number of carbonyl (C=O) groups excluding carboxylic acids is 1. The number of nitrogens with one attached hydrogen (secondary N) is 1. The van der Waals surface area contributed by atoms with E-state index in [-0.39, 0.29) is 24.1 Å². The summed E-state index contributed by atoms with van der Waals surface area (Å²) in [6, 6.07) is 15.2. The lowest BCUT2D eigenvalue weighted by molar-refractivity contribution is 0.0506. The lowest BCUT2D eigenvalue weighted by Crippen LogP contribution is -2.38. The van der Waals surface area contributed by atoms with E-state index in [2.05, 4.69) is 11.1 Å². The number of rotatable bonds is 5. The zero-order valence-corrected chi connectivity index (χ0v) is 16.9. The van der Waals surface area contributed by atoms with Crippen LogP contribution in [0.3, 0.4) is 0 Å². The third-order valence-corrected chi connectivity index (χ3v) is 5.75. The predicted octanol–water partition coefficient (Wildman–Crippen LogP) is 3.97. The smallest absolute Gasteiger partial charge is 0.254 e. The Morgan fingerprint density at radius 3 is 2.69 bits per heavy atom. The van der Waals surface area contributed by atoms with Gasteiger partial charge < -0.3 is 14.6 Å². The van der Waals surface area contributed by atoms with Gasteiger partial charge in [0, 0.05) is 24.3 Å². The Kier molecular flexibility index (Phi) is 5.49. The van der Waals surface area contributed by atoms with Crippen molar-refractivity contribution in [2.75, 3.05) is 13.2 Å². The zero-order valence-electron chi connectivity index (χ0n) is 16.9. The van der Waals surface area contributed by atoms with Crippen LogP contribution in [-0.4, -0.2) is 35.0 Å². The van der Waals surface area contributed by atoms with Gasteiger partial charge in [-0.25, -0.2) is 0 Å². The van der Waals surface area contributed by atoms with Crippen molar-refractivity contribution in [2.24, 2.45) is 0 Å². The fraction of sp³-hybridized carbons (Fsp3) is 0.333. The van der Waals surface area contributed by atoms with Crippen molar-refractivity contribution in [2.45, 2.75) is 39.3 Å². The summed E-state index contributed by atoms with van der Waals surface area (Å²) in [6.07, 6.45) is 1.96. The summed E-state index contributed by atoms with van der Waals surface area (Å²) in [4.78, 5) is 30.7. The van der Waals surface area contributed by atoms with Crippen molar-refractivity contribution < 1.29 is 9.53 Å². The average Bonchev–Trinajstić information content (AvgIpc) is 3.25. The van der Waals surface area contributed by atoms with E-state index >= 15 is 0 Å². The number of fused-ring (bicyclic) bond motifs is 1. The molecule has 3 aromatic rings. The third-order valence-electron chi connectivity index (χ3n) is 5.75. The van der Waals surface area contributed by atoms with E-state index < -0.39 is 0 Å². The van der Waals surface area contributed by atoms with Crippen molar-refractivity contribution in [3.8, 4) is 0 Å². The van der Waals surface area contributed by atoms with Gasteiger partial charge in [-0.15, -0.1) is 0 Å². The third kappa shape index (κ3) is 4.10. The maximum absolute atomic E-state index is 13.2. The molecular weight excluding hydrogens is 364 g/mol. The zero-order chi connectivity index (χ0) is 20.4. The second-order valence-electron chi connectivity index (χ2n) is 7.78. The molecule has 1 amide bonds. The molecule has 0 bridgehead atoms. The van der Waals surface area contributed by atoms with Gasteiger partial charge in [0.2, 0.25) is 0 Å². The normalized spacial score (nSPS) is 16.3. The van der Waals surface area contributed by atoms with Crippen molar-refractivity contribution in [3.05, 3.63) is 81.1 Å². The van der Waals surface area contributed by atoms with Crippen LogP contribution in [0.25, 0.3) is 10.9 Å². The number of aromatic amines is 1. The largest absolute Gasteiger partial charge is 0.376 e. The number of amides is 1. The van der Waals surface area contributed by atoms with Gasteiger partial charge >= 0.3 is 0 Å². The molecule has 5 nitrogen and oxygen atoms in total. The Hall–Kier alpha value is -2.92. The molecule has 0 unspecified atom stereocenters. The Labute approximate surface area is 170 Å². The summed E-state index contributed by atoms with van der Waals surface area (Å²) in [5, 5.41) is 0.979. The van der Waals surface area contributed by atoms with Crippen LogP contribution in [0.2, 0.25) is 0 Å². The lowest BCUT2D eigenvalue weighted by Gasteiger charge is -2.25. The van der Waals surface area contributed by atoms with Crippen LogP contribution in [-0.2, 0) is 11.3 Å². The van der Waals surface area contributed by atoms with Crippen molar-refractivity contribution in [1.82, 2.24) is 9.88 Å². The molecule has 1 atom stereocenters. The highest BCUT2D eigenvalue weighted by Crippen LogP contribution is 2.21. The van der Waals surface area contributed by atoms with Crippen LogP contribution in [0.1, 0.15) is 39.9 Å². The summed E-state index contributed by atoms with van der Waals surface area (Å²) < 4.78 is 5.76. The molecule has 0 saturated carbocycles. The van der Waals surface area contributed by atoms with E-state index in [4.69, 9.17) is 4.74 Å².